The van der Waals surface area contributed by atoms with Crippen LogP contribution in [0.25, 0.3) is 0 Å². The number of amides is 1. The van der Waals surface area contributed by atoms with Crippen LogP contribution in [-0.2, 0) is 4.74 Å². The molecule has 1 aliphatic carbocycles. The lowest BCUT2D eigenvalue weighted by Crippen LogP contribution is -2.41. The van der Waals surface area contributed by atoms with Crippen molar-refractivity contribution in [1.29, 1.82) is 0 Å². The summed E-state index contributed by atoms with van der Waals surface area (Å²) in [5.74, 6) is 0. The molecule has 0 spiro atoms. The molecule has 0 atom stereocenters. The molecule has 0 heterocycles. The molecule has 1 fully saturated rings. The second-order valence-corrected chi connectivity index (χ2v) is 8.37. The Morgan fingerprint density at radius 3 is 2.22 bits per heavy atom. The van der Waals surface area contributed by atoms with Crippen molar-refractivity contribution < 1.29 is 9.53 Å². The molecule has 0 N–H and O–H groups in total. The van der Waals surface area contributed by atoms with Gasteiger partial charge in [0.1, 0.15) is 5.60 Å². The van der Waals surface area contributed by atoms with Crippen LogP contribution in [0.4, 0.5) is 4.79 Å². The SMILES string of the molecule is CC(C)(C)OC(=O)N(C=C(Br)Br)C1CCCCC1. The summed E-state index contributed by atoms with van der Waals surface area (Å²) in [6.07, 6.45) is 7.20. The van der Waals surface area contributed by atoms with Crippen LogP contribution in [0.1, 0.15) is 52.9 Å². The largest absolute Gasteiger partial charge is 0.443 e. The lowest BCUT2D eigenvalue weighted by atomic mass is 9.95. The first-order valence-corrected chi connectivity index (χ1v) is 7.92. The van der Waals surface area contributed by atoms with Crippen molar-refractivity contribution >= 4 is 38.0 Å². The van der Waals surface area contributed by atoms with Gasteiger partial charge in [-0.3, -0.25) is 4.90 Å². The van der Waals surface area contributed by atoms with Gasteiger partial charge in [-0.05, 0) is 65.5 Å². The Morgan fingerprint density at radius 1 is 1.22 bits per heavy atom. The lowest BCUT2D eigenvalue weighted by molar-refractivity contribution is 0.0239. The summed E-state index contributed by atoms with van der Waals surface area (Å²) in [5.41, 5.74) is -0.462. The number of ether oxygens (including phenoxy) is 1. The molecule has 1 rings (SSSR count). The molecule has 0 aromatic rings. The quantitative estimate of drug-likeness (QED) is 0.661. The van der Waals surface area contributed by atoms with Crippen molar-refractivity contribution in [3.05, 3.63) is 9.59 Å². The molecule has 0 aromatic carbocycles. The summed E-state index contributed by atoms with van der Waals surface area (Å²) in [6.45, 7) is 5.66. The molecular weight excluding hydrogens is 362 g/mol. The summed E-state index contributed by atoms with van der Waals surface area (Å²) in [7, 11) is 0. The normalized spacial score (nSPS) is 17.2. The first kappa shape index (κ1) is 16.0. The zero-order valence-electron chi connectivity index (χ0n) is 11.2. The van der Waals surface area contributed by atoms with E-state index in [2.05, 4.69) is 31.9 Å². The van der Waals surface area contributed by atoms with E-state index in [9.17, 15) is 4.79 Å². The second-order valence-electron chi connectivity index (χ2n) is 5.60. The smallest absolute Gasteiger partial charge is 0.414 e. The maximum absolute atomic E-state index is 12.2. The van der Waals surface area contributed by atoms with E-state index in [1.807, 2.05) is 20.8 Å². The van der Waals surface area contributed by atoms with Crippen molar-refractivity contribution in [1.82, 2.24) is 4.90 Å². The van der Waals surface area contributed by atoms with Gasteiger partial charge < -0.3 is 4.74 Å². The van der Waals surface area contributed by atoms with Crippen LogP contribution < -0.4 is 0 Å². The van der Waals surface area contributed by atoms with E-state index in [4.69, 9.17) is 4.74 Å². The third-order valence-corrected chi connectivity index (χ3v) is 3.22. The number of halogens is 2. The maximum Gasteiger partial charge on any atom is 0.414 e. The number of carbonyl (C=O) groups is 1. The number of hydrogen-bond acceptors (Lipinski definition) is 2. The Labute approximate surface area is 126 Å². The highest BCUT2D eigenvalue weighted by molar-refractivity contribution is 9.28. The van der Waals surface area contributed by atoms with Gasteiger partial charge in [0.15, 0.2) is 0 Å². The van der Waals surface area contributed by atoms with E-state index >= 15 is 0 Å². The lowest BCUT2D eigenvalue weighted by Gasteiger charge is -2.33. The van der Waals surface area contributed by atoms with Crippen LogP contribution in [0.5, 0.6) is 0 Å². The molecule has 0 bridgehead atoms. The number of hydrogen-bond donors (Lipinski definition) is 0. The maximum atomic E-state index is 12.2. The summed E-state index contributed by atoms with van der Waals surface area (Å²) < 4.78 is 6.21. The Bertz CT molecular complexity index is 313. The molecule has 0 radical (unpaired) electrons. The van der Waals surface area contributed by atoms with Crippen LogP contribution in [-0.4, -0.2) is 22.6 Å². The van der Waals surface area contributed by atoms with Gasteiger partial charge in [0, 0.05) is 12.2 Å². The monoisotopic (exact) mass is 381 g/mol. The van der Waals surface area contributed by atoms with Crippen molar-refractivity contribution in [3.8, 4) is 0 Å². The van der Waals surface area contributed by atoms with E-state index in [0.29, 0.717) is 0 Å². The van der Waals surface area contributed by atoms with Gasteiger partial charge in [0.05, 0.1) is 3.39 Å². The van der Waals surface area contributed by atoms with Gasteiger partial charge in [-0.1, -0.05) is 19.3 Å². The summed E-state index contributed by atoms with van der Waals surface area (Å²) in [4.78, 5) is 13.9. The molecule has 104 valence electrons. The molecule has 1 amide bonds. The summed E-state index contributed by atoms with van der Waals surface area (Å²) >= 11 is 6.64. The Morgan fingerprint density at radius 2 is 1.78 bits per heavy atom. The van der Waals surface area contributed by atoms with Crippen LogP contribution in [0.2, 0.25) is 0 Å². The van der Waals surface area contributed by atoms with Gasteiger partial charge in [-0.2, -0.15) is 0 Å². The molecule has 5 heteroatoms. The highest BCUT2D eigenvalue weighted by Gasteiger charge is 2.28. The minimum absolute atomic E-state index is 0.249. The van der Waals surface area contributed by atoms with Gasteiger partial charge in [-0.15, -0.1) is 0 Å². The molecular formula is C13H21Br2NO2. The highest BCUT2D eigenvalue weighted by atomic mass is 79.9. The van der Waals surface area contributed by atoms with E-state index in [-0.39, 0.29) is 12.1 Å². The molecule has 0 aromatic heterocycles. The summed E-state index contributed by atoms with van der Waals surface area (Å²) in [5, 5.41) is 0. The van der Waals surface area contributed by atoms with Gasteiger partial charge in [-0.25, -0.2) is 4.79 Å². The molecule has 0 unspecified atom stereocenters. The van der Waals surface area contributed by atoms with Crippen LogP contribution in [0.15, 0.2) is 9.59 Å². The Kier molecular flexibility index (Phi) is 6.18. The predicted molar refractivity (Wildman–Crippen MR) is 80.9 cm³/mol. The molecule has 1 saturated carbocycles. The number of carbonyl (C=O) groups excluding carboxylic acids is 1. The fourth-order valence-electron chi connectivity index (χ4n) is 2.09. The van der Waals surface area contributed by atoms with Crippen LogP contribution in [0, 0.1) is 0 Å². The van der Waals surface area contributed by atoms with Crippen LogP contribution in [0.3, 0.4) is 0 Å². The first-order valence-electron chi connectivity index (χ1n) is 6.34. The average molecular weight is 383 g/mol. The first-order chi connectivity index (χ1) is 8.29. The standard InChI is InChI=1S/C13H21Br2NO2/c1-13(2,3)18-12(17)16(9-11(14)15)10-7-5-4-6-8-10/h9-10H,4-8H2,1-3H3. The van der Waals surface area contributed by atoms with E-state index in [1.165, 1.54) is 19.3 Å². The van der Waals surface area contributed by atoms with Crippen molar-refractivity contribution in [2.24, 2.45) is 0 Å². The molecule has 18 heavy (non-hydrogen) atoms. The third kappa shape index (κ3) is 5.74. The van der Waals surface area contributed by atoms with Crippen molar-refractivity contribution in [3.63, 3.8) is 0 Å². The van der Waals surface area contributed by atoms with Gasteiger partial charge >= 0.3 is 6.09 Å². The highest BCUT2D eigenvalue weighted by Crippen LogP contribution is 2.26. The Hall–Kier alpha value is -0.0300. The minimum atomic E-state index is -0.462. The third-order valence-electron chi connectivity index (χ3n) is 2.81. The van der Waals surface area contributed by atoms with Crippen molar-refractivity contribution in [2.75, 3.05) is 0 Å². The van der Waals surface area contributed by atoms with Crippen LogP contribution >= 0.6 is 31.9 Å². The molecule has 0 saturated heterocycles. The van der Waals surface area contributed by atoms with E-state index < -0.39 is 5.60 Å². The zero-order chi connectivity index (χ0) is 13.8. The topological polar surface area (TPSA) is 29.5 Å². The number of rotatable bonds is 2. The second kappa shape index (κ2) is 6.94. The molecule has 0 aliphatic heterocycles. The summed E-state index contributed by atoms with van der Waals surface area (Å²) in [6, 6.07) is 0.249. The average Bonchev–Trinajstić information content (AvgIpc) is 2.24. The zero-order valence-corrected chi connectivity index (χ0v) is 14.4. The fraction of sp³-hybridized carbons (Fsp3) is 0.769. The van der Waals surface area contributed by atoms with Crippen molar-refractivity contribution in [2.45, 2.75) is 64.5 Å². The van der Waals surface area contributed by atoms with Gasteiger partial charge in [0.2, 0.25) is 0 Å². The molecule has 3 nitrogen and oxygen atoms in total. The van der Waals surface area contributed by atoms with E-state index in [0.717, 1.165) is 16.2 Å². The fourth-order valence-corrected chi connectivity index (χ4v) is 2.53. The van der Waals surface area contributed by atoms with E-state index in [1.54, 1.807) is 11.1 Å². The Balaban J connectivity index is 2.77. The molecule has 1 aliphatic rings. The predicted octanol–water partition coefficient (Wildman–Crippen LogP) is 5.14. The number of nitrogens with zero attached hydrogens (tertiary/aromatic N) is 1. The minimum Gasteiger partial charge on any atom is -0.443 e. The van der Waals surface area contributed by atoms with Gasteiger partial charge in [0.25, 0.3) is 0 Å².